The molecule has 1 amide bonds. The molecule has 7 nitrogen and oxygen atoms in total. The summed E-state index contributed by atoms with van der Waals surface area (Å²) in [5.74, 6) is -0.00603. The molecule has 1 unspecified atom stereocenters. The largest absolute Gasteiger partial charge is 0.381 e. The van der Waals surface area contributed by atoms with E-state index >= 15 is 0 Å². The maximum absolute atomic E-state index is 13.7. The van der Waals surface area contributed by atoms with Crippen LogP contribution >= 0.6 is 0 Å². The number of nitrogens with one attached hydrogen (secondary N) is 2. The number of carbonyl (C=O) groups is 1. The summed E-state index contributed by atoms with van der Waals surface area (Å²) in [5, 5.41) is 7.10. The number of amides is 1. The SMILES string of the molecule is CC(N)NC(=O)c1cc2cc(F)ccc2nc1N1CCC(NC2CCOCC2)CC1. The van der Waals surface area contributed by atoms with Crippen molar-refractivity contribution in [3.63, 3.8) is 0 Å². The third-order valence-electron chi connectivity index (χ3n) is 5.85. The highest BCUT2D eigenvalue weighted by molar-refractivity contribution is 6.02. The highest BCUT2D eigenvalue weighted by atomic mass is 19.1. The molecule has 8 heteroatoms. The van der Waals surface area contributed by atoms with Gasteiger partial charge in [-0.15, -0.1) is 0 Å². The molecule has 3 heterocycles. The lowest BCUT2D eigenvalue weighted by Crippen LogP contribution is -2.48. The Morgan fingerprint density at radius 2 is 1.90 bits per heavy atom. The van der Waals surface area contributed by atoms with E-state index in [0.717, 1.165) is 52.0 Å². The van der Waals surface area contributed by atoms with Gasteiger partial charge in [0.1, 0.15) is 11.6 Å². The molecule has 0 saturated carbocycles. The van der Waals surface area contributed by atoms with Crippen LogP contribution in [0, 0.1) is 5.82 Å². The van der Waals surface area contributed by atoms with Crippen molar-refractivity contribution in [3.05, 3.63) is 35.6 Å². The first-order valence-corrected chi connectivity index (χ1v) is 10.7. The second-order valence-corrected chi connectivity index (χ2v) is 8.27. The zero-order chi connectivity index (χ0) is 21.1. The minimum atomic E-state index is -0.483. The number of rotatable bonds is 5. The van der Waals surface area contributed by atoms with Gasteiger partial charge in [0.15, 0.2) is 0 Å². The second-order valence-electron chi connectivity index (χ2n) is 8.27. The fourth-order valence-corrected chi connectivity index (χ4v) is 4.29. The van der Waals surface area contributed by atoms with Gasteiger partial charge in [0, 0.05) is 43.8 Å². The average molecular weight is 416 g/mol. The number of pyridine rings is 1. The van der Waals surface area contributed by atoms with Crippen molar-refractivity contribution in [3.8, 4) is 0 Å². The molecule has 2 saturated heterocycles. The number of anilines is 1. The Labute approximate surface area is 176 Å². The molecule has 0 radical (unpaired) electrons. The molecule has 162 valence electrons. The zero-order valence-electron chi connectivity index (χ0n) is 17.4. The van der Waals surface area contributed by atoms with Gasteiger partial charge in [-0.1, -0.05) is 0 Å². The van der Waals surface area contributed by atoms with Crippen molar-refractivity contribution >= 4 is 22.6 Å². The standard InChI is InChI=1S/C22H30FN5O2/c1-14(24)25-22(29)19-13-15-12-16(23)2-3-20(15)27-21(19)28-8-4-17(5-9-28)26-18-6-10-30-11-7-18/h2-3,12-14,17-18,26H,4-11,24H2,1H3,(H,25,29). The van der Waals surface area contributed by atoms with E-state index in [0.29, 0.717) is 34.4 Å². The Bertz CT molecular complexity index is 892. The number of piperidine rings is 1. The fourth-order valence-electron chi connectivity index (χ4n) is 4.29. The molecule has 2 aromatic rings. The van der Waals surface area contributed by atoms with Gasteiger partial charge in [0.25, 0.3) is 5.91 Å². The number of fused-ring (bicyclic) bond motifs is 1. The van der Waals surface area contributed by atoms with Crippen LogP contribution in [-0.2, 0) is 4.74 Å². The predicted octanol–water partition coefficient (Wildman–Crippen LogP) is 2.15. The van der Waals surface area contributed by atoms with Crippen LogP contribution in [0.25, 0.3) is 10.9 Å². The number of nitrogens with zero attached hydrogens (tertiary/aromatic N) is 2. The Morgan fingerprint density at radius 3 is 2.60 bits per heavy atom. The molecule has 0 bridgehead atoms. The van der Waals surface area contributed by atoms with Crippen LogP contribution < -0.4 is 21.3 Å². The summed E-state index contributed by atoms with van der Waals surface area (Å²) in [7, 11) is 0. The number of halogens is 1. The molecule has 2 aliphatic heterocycles. The van der Waals surface area contributed by atoms with Gasteiger partial charge in [-0.25, -0.2) is 9.37 Å². The lowest BCUT2D eigenvalue weighted by atomic mass is 10.0. The lowest BCUT2D eigenvalue weighted by molar-refractivity contribution is 0.0738. The van der Waals surface area contributed by atoms with Crippen LogP contribution in [0.1, 0.15) is 43.0 Å². The molecule has 0 spiro atoms. The number of hydrogen-bond donors (Lipinski definition) is 3. The van der Waals surface area contributed by atoms with Crippen LogP contribution in [0.15, 0.2) is 24.3 Å². The molecule has 1 atom stereocenters. The van der Waals surface area contributed by atoms with Crippen molar-refractivity contribution in [2.75, 3.05) is 31.2 Å². The topological polar surface area (TPSA) is 92.5 Å². The van der Waals surface area contributed by atoms with Gasteiger partial charge < -0.3 is 26.0 Å². The van der Waals surface area contributed by atoms with E-state index in [-0.39, 0.29) is 11.7 Å². The van der Waals surface area contributed by atoms with Crippen molar-refractivity contribution in [1.82, 2.24) is 15.6 Å². The Morgan fingerprint density at radius 1 is 1.20 bits per heavy atom. The van der Waals surface area contributed by atoms with E-state index in [1.54, 1.807) is 19.1 Å². The summed E-state index contributed by atoms with van der Waals surface area (Å²) in [4.78, 5) is 19.7. The molecule has 1 aromatic heterocycles. The highest BCUT2D eigenvalue weighted by Crippen LogP contribution is 2.27. The van der Waals surface area contributed by atoms with Gasteiger partial charge in [-0.3, -0.25) is 4.79 Å². The Hall–Kier alpha value is -2.29. The minimum Gasteiger partial charge on any atom is -0.381 e. The monoisotopic (exact) mass is 415 g/mol. The molecule has 1 aromatic carbocycles. The van der Waals surface area contributed by atoms with Gasteiger partial charge in [-0.05, 0) is 56.9 Å². The van der Waals surface area contributed by atoms with E-state index < -0.39 is 6.17 Å². The maximum Gasteiger partial charge on any atom is 0.256 e. The van der Waals surface area contributed by atoms with Crippen LogP contribution in [0.4, 0.5) is 10.2 Å². The van der Waals surface area contributed by atoms with Gasteiger partial charge >= 0.3 is 0 Å². The normalized spacial score (nSPS) is 19.8. The molecule has 4 rings (SSSR count). The van der Waals surface area contributed by atoms with E-state index in [1.165, 1.54) is 12.1 Å². The van der Waals surface area contributed by atoms with E-state index in [4.69, 9.17) is 15.5 Å². The third-order valence-corrected chi connectivity index (χ3v) is 5.85. The van der Waals surface area contributed by atoms with Crippen LogP contribution in [0.5, 0.6) is 0 Å². The van der Waals surface area contributed by atoms with E-state index in [2.05, 4.69) is 15.5 Å². The number of ether oxygens (including phenoxy) is 1. The average Bonchev–Trinajstić information content (AvgIpc) is 2.73. The van der Waals surface area contributed by atoms with Gasteiger partial charge in [-0.2, -0.15) is 0 Å². The number of carbonyl (C=O) groups excluding carboxylic acids is 1. The molecular formula is C22H30FN5O2. The van der Waals surface area contributed by atoms with Crippen molar-refractivity contribution in [2.24, 2.45) is 5.73 Å². The third kappa shape index (κ3) is 4.88. The quantitative estimate of drug-likeness (QED) is 0.648. The predicted molar refractivity (Wildman–Crippen MR) is 115 cm³/mol. The van der Waals surface area contributed by atoms with Gasteiger partial charge in [0.2, 0.25) is 0 Å². The van der Waals surface area contributed by atoms with Crippen LogP contribution in [0.2, 0.25) is 0 Å². The zero-order valence-corrected chi connectivity index (χ0v) is 17.4. The van der Waals surface area contributed by atoms with Gasteiger partial charge in [0.05, 0.1) is 17.2 Å². The number of nitrogens with two attached hydrogens (primary N) is 1. The summed E-state index contributed by atoms with van der Waals surface area (Å²) in [6.07, 6.45) is 3.60. The first-order valence-electron chi connectivity index (χ1n) is 10.7. The number of hydrogen-bond acceptors (Lipinski definition) is 6. The van der Waals surface area contributed by atoms with E-state index in [1.807, 2.05) is 0 Å². The molecule has 30 heavy (non-hydrogen) atoms. The van der Waals surface area contributed by atoms with Crippen molar-refractivity contribution in [2.45, 2.75) is 50.9 Å². The smallest absolute Gasteiger partial charge is 0.256 e. The minimum absolute atomic E-state index is 0.291. The number of aromatic nitrogens is 1. The molecular weight excluding hydrogens is 385 g/mol. The second kappa shape index (κ2) is 9.24. The van der Waals surface area contributed by atoms with Crippen molar-refractivity contribution in [1.29, 1.82) is 0 Å². The summed E-state index contributed by atoms with van der Waals surface area (Å²) >= 11 is 0. The Kier molecular flexibility index (Phi) is 6.46. The molecule has 0 aliphatic carbocycles. The maximum atomic E-state index is 13.7. The summed E-state index contributed by atoms with van der Waals surface area (Å²) < 4.78 is 19.1. The van der Waals surface area contributed by atoms with Crippen LogP contribution in [-0.4, -0.2) is 55.4 Å². The number of benzene rings is 1. The first kappa shape index (κ1) is 21.0. The van der Waals surface area contributed by atoms with Crippen LogP contribution in [0.3, 0.4) is 0 Å². The van der Waals surface area contributed by atoms with E-state index in [9.17, 15) is 9.18 Å². The Balaban J connectivity index is 1.53. The summed E-state index contributed by atoms with van der Waals surface area (Å²) in [5.41, 5.74) is 6.86. The molecule has 2 aliphatic rings. The lowest BCUT2D eigenvalue weighted by Gasteiger charge is -2.36. The fraction of sp³-hybridized carbons (Fsp3) is 0.545. The first-order chi connectivity index (χ1) is 14.5. The highest BCUT2D eigenvalue weighted by Gasteiger charge is 2.26. The molecule has 4 N–H and O–H groups in total. The summed E-state index contributed by atoms with van der Waals surface area (Å²) in [6, 6.07) is 7.15. The summed E-state index contributed by atoms with van der Waals surface area (Å²) in [6.45, 7) is 4.98. The molecule has 2 fully saturated rings. The van der Waals surface area contributed by atoms with Crippen molar-refractivity contribution < 1.29 is 13.9 Å².